The molecule has 0 fully saturated rings. The molecule has 0 amide bonds. The Morgan fingerprint density at radius 3 is 1.89 bits per heavy atom. The SMILES string of the molecule is C=N/C(=C(/C)NC(C)/C(N=C)=C(/C)CC)C(C)C. The second kappa shape index (κ2) is 7.85. The van der Waals surface area contributed by atoms with Crippen molar-refractivity contribution in [1.82, 2.24) is 5.32 Å². The summed E-state index contributed by atoms with van der Waals surface area (Å²) in [6.07, 6.45) is 0.986. The fraction of sp³-hybridized carbons (Fsp3) is 0.600. The Morgan fingerprint density at radius 1 is 1.06 bits per heavy atom. The maximum Gasteiger partial charge on any atom is 0.0653 e. The molecule has 1 unspecified atom stereocenters. The zero-order valence-electron chi connectivity index (χ0n) is 12.7. The van der Waals surface area contributed by atoms with Crippen LogP contribution in [0.15, 0.2) is 32.6 Å². The molecular formula is C15H27N3. The van der Waals surface area contributed by atoms with E-state index in [9.17, 15) is 0 Å². The van der Waals surface area contributed by atoms with Crippen molar-refractivity contribution in [1.29, 1.82) is 0 Å². The van der Waals surface area contributed by atoms with Gasteiger partial charge in [-0.1, -0.05) is 20.8 Å². The van der Waals surface area contributed by atoms with Crippen LogP contribution in [0.2, 0.25) is 0 Å². The average Bonchev–Trinajstić information content (AvgIpc) is 2.29. The van der Waals surface area contributed by atoms with E-state index in [0.717, 1.165) is 23.5 Å². The van der Waals surface area contributed by atoms with Gasteiger partial charge >= 0.3 is 0 Å². The molecule has 0 bridgehead atoms. The molecule has 0 heterocycles. The number of allylic oxidation sites excluding steroid dienone is 3. The molecule has 18 heavy (non-hydrogen) atoms. The highest BCUT2D eigenvalue weighted by atomic mass is 15.0. The summed E-state index contributed by atoms with van der Waals surface area (Å²) >= 11 is 0. The maximum atomic E-state index is 4.14. The van der Waals surface area contributed by atoms with Crippen LogP contribution >= 0.6 is 0 Å². The summed E-state index contributed by atoms with van der Waals surface area (Å²) in [4.78, 5) is 8.24. The number of aliphatic imine (C=N–C) groups is 2. The van der Waals surface area contributed by atoms with Gasteiger partial charge in [-0.05, 0) is 52.1 Å². The molecule has 0 radical (unpaired) electrons. The first-order valence-corrected chi connectivity index (χ1v) is 6.49. The molecule has 0 spiro atoms. The third kappa shape index (κ3) is 4.47. The Morgan fingerprint density at radius 2 is 1.56 bits per heavy atom. The molecule has 1 atom stereocenters. The van der Waals surface area contributed by atoms with Gasteiger partial charge in [0.25, 0.3) is 0 Å². The Labute approximate surface area is 112 Å². The number of nitrogens with one attached hydrogen (secondary N) is 1. The van der Waals surface area contributed by atoms with E-state index in [4.69, 9.17) is 0 Å². The molecule has 0 saturated heterocycles. The normalized spacial score (nSPS) is 15.7. The van der Waals surface area contributed by atoms with Crippen molar-refractivity contribution in [2.24, 2.45) is 15.9 Å². The standard InChI is InChI=1S/C15H27N3/c1-9-11(4)15(17-8)13(6)18-12(5)14(16-7)10(2)3/h10,13,18H,7-9H2,1-6H3/b14-12-,15-11+. The fourth-order valence-electron chi connectivity index (χ4n) is 2.02. The molecule has 3 nitrogen and oxygen atoms in total. The number of hydrogen-bond donors (Lipinski definition) is 1. The summed E-state index contributed by atoms with van der Waals surface area (Å²) in [5.74, 6) is 0.360. The first-order valence-electron chi connectivity index (χ1n) is 6.49. The maximum absolute atomic E-state index is 4.14. The average molecular weight is 249 g/mol. The molecule has 0 aromatic heterocycles. The second-order valence-electron chi connectivity index (χ2n) is 4.87. The molecule has 0 aliphatic rings. The van der Waals surface area contributed by atoms with Crippen LogP contribution in [0.25, 0.3) is 0 Å². The zero-order valence-corrected chi connectivity index (χ0v) is 12.7. The van der Waals surface area contributed by atoms with Crippen LogP contribution in [-0.4, -0.2) is 19.5 Å². The van der Waals surface area contributed by atoms with Crippen LogP contribution in [-0.2, 0) is 0 Å². The molecule has 3 heteroatoms. The van der Waals surface area contributed by atoms with Crippen molar-refractivity contribution in [3.63, 3.8) is 0 Å². The van der Waals surface area contributed by atoms with Crippen LogP contribution in [0.3, 0.4) is 0 Å². The quantitative estimate of drug-likeness (QED) is 0.682. The number of rotatable bonds is 7. The van der Waals surface area contributed by atoms with E-state index in [1.807, 2.05) is 6.92 Å². The van der Waals surface area contributed by atoms with Crippen molar-refractivity contribution in [3.05, 3.63) is 22.7 Å². The molecule has 0 aliphatic heterocycles. The van der Waals surface area contributed by atoms with Crippen LogP contribution in [0.1, 0.15) is 48.0 Å². The van der Waals surface area contributed by atoms with E-state index in [1.165, 1.54) is 5.57 Å². The van der Waals surface area contributed by atoms with E-state index < -0.39 is 0 Å². The van der Waals surface area contributed by atoms with E-state index in [1.54, 1.807) is 0 Å². The lowest BCUT2D eigenvalue weighted by atomic mass is 10.1. The highest BCUT2D eigenvalue weighted by Gasteiger charge is 2.12. The van der Waals surface area contributed by atoms with Gasteiger partial charge in [-0.25, -0.2) is 0 Å². The predicted octanol–water partition coefficient (Wildman–Crippen LogP) is 3.94. The lowest BCUT2D eigenvalue weighted by molar-refractivity contribution is 0.644. The van der Waals surface area contributed by atoms with E-state index in [2.05, 4.69) is 63.4 Å². The number of hydrogen-bond acceptors (Lipinski definition) is 3. The second-order valence-corrected chi connectivity index (χ2v) is 4.87. The Kier molecular flexibility index (Phi) is 7.25. The zero-order chi connectivity index (χ0) is 14.3. The van der Waals surface area contributed by atoms with Gasteiger partial charge < -0.3 is 5.32 Å². The minimum Gasteiger partial charge on any atom is -0.379 e. The van der Waals surface area contributed by atoms with Gasteiger partial charge in [0.05, 0.1) is 17.4 Å². The summed E-state index contributed by atoms with van der Waals surface area (Å²) in [6, 6.07) is 0.137. The van der Waals surface area contributed by atoms with Gasteiger partial charge in [-0.15, -0.1) is 0 Å². The van der Waals surface area contributed by atoms with Crippen LogP contribution in [0.5, 0.6) is 0 Å². The minimum absolute atomic E-state index is 0.137. The lowest BCUT2D eigenvalue weighted by Gasteiger charge is -2.20. The van der Waals surface area contributed by atoms with Crippen LogP contribution < -0.4 is 5.32 Å². The van der Waals surface area contributed by atoms with Crippen molar-refractivity contribution < 1.29 is 0 Å². The topological polar surface area (TPSA) is 36.8 Å². The largest absolute Gasteiger partial charge is 0.379 e. The predicted molar refractivity (Wildman–Crippen MR) is 82.2 cm³/mol. The monoisotopic (exact) mass is 249 g/mol. The summed E-state index contributed by atoms with van der Waals surface area (Å²) in [7, 11) is 0. The van der Waals surface area contributed by atoms with Gasteiger partial charge in [-0.3, -0.25) is 9.98 Å². The van der Waals surface area contributed by atoms with Gasteiger partial charge in [-0.2, -0.15) is 0 Å². The third-order valence-corrected chi connectivity index (χ3v) is 3.08. The van der Waals surface area contributed by atoms with Gasteiger partial charge in [0.2, 0.25) is 0 Å². The van der Waals surface area contributed by atoms with E-state index in [-0.39, 0.29) is 6.04 Å². The van der Waals surface area contributed by atoms with Crippen molar-refractivity contribution in [2.45, 2.75) is 54.0 Å². The van der Waals surface area contributed by atoms with Crippen molar-refractivity contribution >= 4 is 13.4 Å². The fourth-order valence-corrected chi connectivity index (χ4v) is 2.02. The molecule has 0 aromatic rings. The highest BCUT2D eigenvalue weighted by molar-refractivity contribution is 5.34. The Hall–Kier alpha value is -1.38. The first kappa shape index (κ1) is 16.6. The first-order chi connectivity index (χ1) is 8.38. The summed E-state index contributed by atoms with van der Waals surface area (Å²) in [5, 5.41) is 3.43. The highest BCUT2D eigenvalue weighted by Crippen LogP contribution is 2.18. The van der Waals surface area contributed by atoms with Crippen LogP contribution in [0.4, 0.5) is 0 Å². The smallest absolute Gasteiger partial charge is 0.0653 e. The molecule has 0 aromatic carbocycles. The Bertz CT molecular complexity index is 362. The number of nitrogens with zero attached hydrogens (tertiary/aromatic N) is 2. The van der Waals surface area contributed by atoms with Gasteiger partial charge in [0.1, 0.15) is 0 Å². The van der Waals surface area contributed by atoms with Crippen molar-refractivity contribution in [3.8, 4) is 0 Å². The molecule has 1 N–H and O–H groups in total. The van der Waals surface area contributed by atoms with Gasteiger partial charge in [0.15, 0.2) is 0 Å². The molecule has 102 valence electrons. The molecule has 0 rings (SSSR count). The van der Waals surface area contributed by atoms with E-state index in [0.29, 0.717) is 5.92 Å². The van der Waals surface area contributed by atoms with Gasteiger partial charge in [0, 0.05) is 5.70 Å². The van der Waals surface area contributed by atoms with Crippen LogP contribution in [0, 0.1) is 5.92 Å². The summed E-state index contributed by atoms with van der Waals surface area (Å²) < 4.78 is 0. The third-order valence-electron chi connectivity index (χ3n) is 3.08. The Balaban J connectivity index is 5.11. The molecular weight excluding hydrogens is 222 g/mol. The minimum atomic E-state index is 0.137. The molecule has 0 aliphatic carbocycles. The van der Waals surface area contributed by atoms with E-state index >= 15 is 0 Å². The summed E-state index contributed by atoms with van der Waals surface area (Å²) in [5.41, 5.74) is 4.33. The van der Waals surface area contributed by atoms with Crippen molar-refractivity contribution in [2.75, 3.05) is 0 Å². The lowest BCUT2D eigenvalue weighted by Crippen LogP contribution is -2.27. The summed E-state index contributed by atoms with van der Waals surface area (Å²) in [6.45, 7) is 19.9. The molecule has 0 saturated carbocycles.